The van der Waals surface area contributed by atoms with E-state index in [2.05, 4.69) is 4.98 Å². The van der Waals surface area contributed by atoms with Gasteiger partial charge >= 0.3 is 5.97 Å². The van der Waals surface area contributed by atoms with E-state index in [4.69, 9.17) is 15.1 Å². The van der Waals surface area contributed by atoms with E-state index in [0.29, 0.717) is 6.54 Å². The quantitative estimate of drug-likeness (QED) is 0.802. The molecule has 0 bridgehead atoms. The minimum atomic E-state index is -1.12. The Balaban J connectivity index is 2.52. The van der Waals surface area contributed by atoms with Gasteiger partial charge in [0.25, 0.3) is 5.91 Å². The van der Waals surface area contributed by atoms with Gasteiger partial charge in [0.15, 0.2) is 6.61 Å². The van der Waals surface area contributed by atoms with Crippen LogP contribution in [0.5, 0.6) is 5.75 Å². The van der Waals surface area contributed by atoms with Crippen molar-refractivity contribution >= 4 is 11.9 Å². The monoisotopic (exact) mass is 263 g/mol. The van der Waals surface area contributed by atoms with Crippen LogP contribution in [0, 0.1) is 11.3 Å². The molecule has 1 heterocycles. The highest BCUT2D eigenvalue weighted by atomic mass is 16.5. The minimum absolute atomic E-state index is 0.0113. The summed E-state index contributed by atoms with van der Waals surface area (Å²) in [7, 11) is 1.56. The number of carboxylic acid groups (broad SMARTS) is 1. The van der Waals surface area contributed by atoms with E-state index in [1.165, 1.54) is 23.4 Å². The van der Waals surface area contributed by atoms with Crippen LogP contribution in [0.3, 0.4) is 0 Å². The molecule has 1 amide bonds. The van der Waals surface area contributed by atoms with Gasteiger partial charge < -0.3 is 14.7 Å². The Bertz CT molecular complexity index is 510. The van der Waals surface area contributed by atoms with Gasteiger partial charge in [-0.1, -0.05) is 0 Å². The molecular formula is C12H13N3O4. The summed E-state index contributed by atoms with van der Waals surface area (Å²) < 4.78 is 5.16. The summed E-state index contributed by atoms with van der Waals surface area (Å²) in [4.78, 5) is 27.4. The number of pyridine rings is 1. The predicted octanol–water partition coefficient (Wildman–Crippen LogP) is 0.531. The number of carboxylic acids is 1. The molecule has 7 heteroatoms. The maximum absolute atomic E-state index is 11.6. The van der Waals surface area contributed by atoms with Gasteiger partial charge in [0, 0.05) is 19.8 Å². The molecule has 7 nitrogen and oxygen atoms in total. The Hall–Kier alpha value is -2.62. The van der Waals surface area contributed by atoms with Crippen LogP contribution in [0.25, 0.3) is 0 Å². The highest BCUT2D eigenvalue weighted by Crippen LogP contribution is 2.11. The molecule has 0 aliphatic rings. The Morgan fingerprint density at radius 3 is 2.89 bits per heavy atom. The largest absolute Gasteiger partial charge is 0.482 e. The first-order valence-electron chi connectivity index (χ1n) is 5.46. The van der Waals surface area contributed by atoms with Crippen LogP contribution in [-0.4, -0.2) is 47.1 Å². The van der Waals surface area contributed by atoms with Gasteiger partial charge in [-0.3, -0.25) is 9.78 Å². The second-order valence-corrected chi connectivity index (χ2v) is 3.73. The highest BCUT2D eigenvalue weighted by Gasteiger charge is 2.10. The highest BCUT2D eigenvalue weighted by molar-refractivity contribution is 5.87. The molecule has 0 radical (unpaired) electrons. The molecule has 1 aromatic rings. The second kappa shape index (κ2) is 6.96. The predicted molar refractivity (Wildman–Crippen MR) is 64.6 cm³/mol. The standard InChI is InChI=1S/C12H13N3O4/c1-15(4-2-3-13)11(16)8-19-10-5-9(12(17)18)6-14-7-10/h5-7H,2,4,8H2,1H3,(H,17,18). The molecular weight excluding hydrogens is 250 g/mol. The molecule has 0 fully saturated rings. The molecule has 0 unspecified atom stereocenters. The lowest BCUT2D eigenvalue weighted by Crippen LogP contribution is -2.32. The molecule has 100 valence electrons. The number of carbonyl (C=O) groups is 2. The molecule has 19 heavy (non-hydrogen) atoms. The van der Waals surface area contributed by atoms with Crippen molar-refractivity contribution in [1.82, 2.24) is 9.88 Å². The summed E-state index contributed by atoms with van der Waals surface area (Å²) in [5, 5.41) is 17.2. The molecule has 0 aliphatic heterocycles. The molecule has 0 atom stereocenters. The number of nitrogens with zero attached hydrogens (tertiary/aromatic N) is 3. The SMILES string of the molecule is CN(CCC#N)C(=O)COc1cncc(C(=O)O)c1. The number of hydrogen-bond donors (Lipinski definition) is 1. The van der Waals surface area contributed by atoms with E-state index >= 15 is 0 Å². The second-order valence-electron chi connectivity index (χ2n) is 3.73. The molecule has 1 rings (SSSR count). The van der Waals surface area contributed by atoms with Gasteiger partial charge in [0.05, 0.1) is 24.3 Å². The first-order valence-corrected chi connectivity index (χ1v) is 5.46. The van der Waals surface area contributed by atoms with Crippen LogP contribution in [0.4, 0.5) is 0 Å². The maximum atomic E-state index is 11.6. The molecule has 1 N–H and O–H groups in total. The number of aromatic nitrogens is 1. The Kier molecular flexibility index (Phi) is 5.29. The Labute approximate surface area is 110 Å². The molecule has 0 saturated heterocycles. The lowest BCUT2D eigenvalue weighted by atomic mass is 10.3. The van der Waals surface area contributed by atoms with Crippen molar-refractivity contribution in [3.05, 3.63) is 24.0 Å². The van der Waals surface area contributed by atoms with Crippen LogP contribution in [0.2, 0.25) is 0 Å². The Morgan fingerprint density at radius 2 is 2.26 bits per heavy atom. The molecule has 0 saturated carbocycles. The average molecular weight is 263 g/mol. The normalized spacial score (nSPS) is 9.47. The zero-order valence-electron chi connectivity index (χ0n) is 10.4. The zero-order chi connectivity index (χ0) is 14.3. The number of carbonyl (C=O) groups excluding carboxylic acids is 1. The first kappa shape index (κ1) is 14.4. The van der Waals surface area contributed by atoms with E-state index in [0.717, 1.165) is 0 Å². The number of aromatic carboxylic acids is 1. The fraction of sp³-hybridized carbons (Fsp3) is 0.333. The summed E-state index contributed by atoms with van der Waals surface area (Å²) in [5.74, 6) is -1.20. The van der Waals surface area contributed by atoms with Crippen LogP contribution in [0.1, 0.15) is 16.8 Å². The van der Waals surface area contributed by atoms with Crippen molar-refractivity contribution in [3.8, 4) is 11.8 Å². The van der Waals surface area contributed by atoms with Crippen LogP contribution >= 0.6 is 0 Å². The number of hydrogen-bond acceptors (Lipinski definition) is 5. The van der Waals surface area contributed by atoms with Gasteiger partial charge in [-0.25, -0.2) is 4.79 Å². The van der Waals surface area contributed by atoms with Gasteiger partial charge in [0.2, 0.25) is 0 Å². The number of ether oxygens (including phenoxy) is 1. The Morgan fingerprint density at radius 1 is 1.53 bits per heavy atom. The van der Waals surface area contributed by atoms with E-state index in [-0.39, 0.29) is 30.2 Å². The fourth-order valence-corrected chi connectivity index (χ4v) is 1.21. The first-order chi connectivity index (χ1) is 9.04. The molecule has 0 aromatic carbocycles. The van der Waals surface area contributed by atoms with E-state index in [9.17, 15) is 9.59 Å². The van der Waals surface area contributed by atoms with E-state index < -0.39 is 5.97 Å². The zero-order valence-corrected chi connectivity index (χ0v) is 10.4. The summed E-state index contributed by atoms with van der Waals surface area (Å²) in [6.07, 6.45) is 2.77. The number of rotatable bonds is 6. The van der Waals surface area contributed by atoms with Crippen molar-refractivity contribution in [1.29, 1.82) is 5.26 Å². The van der Waals surface area contributed by atoms with Crippen LogP contribution in [0.15, 0.2) is 18.5 Å². The summed E-state index contributed by atoms with van der Waals surface area (Å²) >= 11 is 0. The van der Waals surface area contributed by atoms with Gasteiger partial charge in [-0.15, -0.1) is 0 Å². The third-order valence-corrected chi connectivity index (χ3v) is 2.31. The molecule has 1 aromatic heterocycles. The topological polar surface area (TPSA) is 104 Å². The van der Waals surface area contributed by atoms with Crippen molar-refractivity contribution in [3.63, 3.8) is 0 Å². The van der Waals surface area contributed by atoms with E-state index in [1.807, 2.05) is 6.07 Å². The fourth-order valence-electron chi connectivity index (χ4n) is 1.21. The van der Waals surface area contributed by atoms with Gasteiger partial charge in [0.1, 0.15) is 5.75 Å². The van der Waals surface area contributed by atoms with E-state index in [1.54, 1.807) is 7.05 Å². The van der Waals surface area contributed by atoms with Gasteiger partial charge in [-0.05, 0) is 6.07 Å². The summed E-state index contributed by atoms with van der Waals surface area (Å²) in [5.41, 5.74) is -0.0113. The summed E-state index contributed by atoms with van der Waals surface area (Å²) in [6.45, 7) is 0.0960. The van der Waals surface area contributed by atoms with Crippen LogP contribution < -0.4 is 4.74 Å². The van der Waals surface area contributed by atoms with Crippen LogP contribution in [-0.2, 0) is 4.79 Å². The number of likely N-dealkylation sites (N-methyl/N-ethyl adjacent to an activating group) is 1. The van der Waals surface area contributed by atoms with Crippen molar-refractivity contribution in [2.24, 2.45) is 0 Å². The number of nitriles is 1. The maximum Gasteiger partial charge on any atom is 0.337 e. The average Bonchev–Trinajstić information content (AvgIpc) is 2.42. The molecule has 0 aliphatic carbocycles. The van der Waals surface area contributed by atoms with Crippen molar-refractivity contribution < 1.29 is 19.4 Å². The van der Waals surface area contributed by atoms with Crippen molar-refractivity contribution in [2.45, 2.75) is 6.42 Å². The third kappa shape index (κ3) is 4.63. The minimum Gasteiger partial charge on any atom is -0.482 e. The summed E-state index contributed by atoms with van der Waals surface area (Å²) in [6, 6.07) is 3.23. The third-order valence-electron chi connectivity index (χ3n) is 2.31. The van der Waals surface area contributed by atoms with Crippen molar-refractivity contribution in [2.75, 3.05) is 20.2 Å². The van der Waals surface area contributed by atoms with Gasteiger partial charge in [-0.2, -0.15) is 5.26 Å². The lowest BCUT2D eigenvalue weighted by molar-refractivity contribution is -0.131. The lowest BCUT2D eigenvalue weighted by Gasteiger charge is -2.15. The molecule has 0 spiro atoms. The smallest absolute Gasteiger partial charge is 0.337 e. The number of amides is 1.